The van der Waals surface area contributed by atoms with Crippen LogP contribution in [0, 0.1) is 6.92 Å². The summed E-state index contributed by atoms with van der Waals surface area (Å²) in [5.41, 5.74) is 8.07. The SMILES string of the molecule is C=C1C=C(c2ccc(N(C)CCCCN(C)CCN3CCCCC3)cc2)Cc2c1ccc(O)c2C. The first-order valence-corrected chi connectivity index (χ1v) is 13.4. The van der Waals surface area contributed by atoms with Gasteiger partial charge in [0.1, 0.15) is 5.75 Å². The number of unbranched alkanes of at least 4 members (excludes halogenated alkanes) is 1. The molecule has 0 unspecified atom stereocenters. The number of piperidine rings is 1. The van der Waals surface area contributed by atoms with Crippen molar-refractivity contribution in [1.29, 1.82) is 0 Å². The average Bonchev–Trinajstić information content (AvgIpc) is 2.88. The highest BCUT2D eigenvalue weighted by atomic mass is 16.3. The minimum absolute atomic E-state index is 0.364. The van der Waals surface area contributed by atoms with E-state index in [0.29, 0.717) is 5.75 Å². The molecular formula is C31H43N3O. The summed E-state index contributed by atoms with van der Waals surface area (Å²) in [6, 6.07) is 12.7. The van der Waals surface area contributed by atoms with E-state index in [1.807, 2.05) is 13.0 Å². The van der Waals surface area contributed by atoms with Crippen LogP contribution in [0.3, 0.4) is 0 Å². The number of fused-ring (bicyclic) bond motifs is 1. The first-order valence-electron chi connectivity index (χ1n) is 13.4. The normalized spacial score (nSPS) is 16.3. The van der Waals surface area contributed by atoms with Gasteiger partial charge in [-0.2, -0.15) is 0 Å². The number of allylic oxidation sites excluding steroid dienone is 3. The molecule has 0 radical (unpaired) electrons. The number of nitrogens with zero attached hydrogens (tertiary/aromatic N) is 3. The fourth-order valence-electron chi connectivity index (χ4n) is 5.38. The van der Waals surface area contributed by atoms with E-state index >= 15 is 0 Å². The lowest BCUT2D eigenvalue weighted by Crippen LogP contribution is -2.36. The summed E-state index contributed by atoms with van der Waals surface area (Å²) in [5.74, 6) is 0.364. The van der Waals surface area contributed by atoms with Gasteiger partial charge in [-0.15, -0.1) is 0 Å². The topological polar surface area (TPSA) is 30.0 Å². The number of hydrogen-bond donors (Lipinski definition) is 1. The Balaban J connectivity index is 1.23. The van der Waals surface area contributed by atoms with Crippen LogP contribution in [0.5, 0.6) is 5.75 Å². The summed E-state index contributed by atoms with van der Waals surface area (Å²) < 4.78 is 0. The second-order valence-electron chi connectivity index (χ2n) is 10.5. The molecule has 2 aromatic carbocycles. The van der Waals surface area contributed by atoms with Gasteiger partial charge in [-0.25, -0.2) is 0 Å². The Morgan fingerprint density at radius 2 is 1.63 bits per heavy atom. The molecule has 0 aromatic heterocycles. The smallest absolute Gasteiger partial charge is 0.118 e. The molecule has 0 bridgehead atoms. The standard InChI is InChI=1S/C31H43N3O/c1-24-22-27(23-30-25(2)31(35)15-14-29(24)30)26-10-12-28(13-11-26)33(4)17-9-8-16-32(3)20-21-34-18-6-5-7-19-34/h10-15,22,35H,1,5-9,16-21,23H2,2-4H3. The van der Waals surface area contributed by atoms with Gasteiger partial charge < -0.3 is 19.8 Å². The lowest BCUT2D eigenvalue weighted by Gasteiger charge is -2.28. The summed E-state index contributed by atoms with van der Waals surface area (Å²) in [6.07, 6.45) is 9.63. The number of rotatable bonds is 10. The van der Waals surface area contributed by atoms with Crippen molar-refractivity contribution in [2.24, 2.45) is 0 Å². The van der Waals surface area contributed by atoms with Gasteiger partial charge >= 0.3 is 0 Å². The highest BCUT2D eigenvalue weighted by Crippen LogP contribution is 2.37. The third-order valence-corrected chi connectivity index (χ3v) is 7.84. The molecule has 2 aromatic rings. The van der Waals surface area contributed by atoms with Crippen molar-refractivity contribution in [3.05, 3.63) is 71.3 Å². The van der Waals surface area contributed by atoms with Crippen molar-refractivity contribution in [2.75, 3.05) is 58.3 Å². The van der Waals surface area contributed by atoms with Crippen molar-refractivity contribution in [2.45, 2.75) is 45.4 Å². The van der Waals surface area contributed by atoms with Crippen LogP contribution >= 0.6 is 0 Å². The summed E-state index contributed by atoms with van der Waals surface area (Å²) >= 11 is 0. The molecular weight excluding hydrogens is 430 g/mol. The van der Waals surface area contributed by atoms with E-state index in [2.05, 4.69) is 65.7 Å². The monoisotopic (exact) mass is 473 g/mol. The van der Waals surface area contributed by atoms with E-state index in [1.165, 1.54) is 87.2 Å². The van der Waals surface area contributed by atoms with Crippen LogP contribution in [-0.4, -0.2) is 68.3 Å². The highest BCUT2D eigenvalue weighted by molar-refractivity contribution is 5.89. The second kappa shape index (κ2) is 11.9. The average molecular weight is 474 g/mol. The minimum Gasteiger partial charge on any atom is -0.508 e. The highest BCUT2D eigenvalue weighted by Gasteiger charge is 2.19. The fraction of sp³-hybridized carbons (Fsp3) is 0.484. The van der Waals surface area contributed by atoms with Crippen LogP contribution in [-0.2, 0) is 6.42 Å². The number of benzene rings is 2. The second-order valence-corrected chi connectivity index (χ2v) is 10.5. The number of aromatic hydroxyl groups is 1. The van der Waals surface area contributed by atoms with Crippen LogP contribution in [0.25, 0.3) is 11.1 Å². The summed E-state index contributed by atoms with van der Waals surface area (Å²) in [5, 5.41) is 10.2. The Kier molecular flexibility index (Phi) is 8.69. The molecule has 188 valence electrons. The molecule has 1 fully saturated rings. The zero-order chi connectivity index (χ0) is 24.8. The molecule has 0 saturated carbocycles. The molecule has 0 amide bonds. The van der Waals surface area contributed by atoms with Crippen LogP contribution in [0.15, 0.2) is 49.1 Å². The molecule has 1 aliphatic heterocycles. The van der Waals surface area contributed by atoms with Crippen LogP contribution in [0.2, 0.25) is 0 Å². The zero-order valence-electron chi connectivity index (χ0n) is 22.0. The third kappa shape index (κ3) is 6.56. The largest absolute Gasteiger partial charge is 0.508 e. The predicted octanol–water partition coefficient (Wildman–Crippen LogP) is 5.99. The lowest BCUT2D eigenvalue weighted by molar-refractivity contribution is 0.195. The van der Waals surface area contributed by atoms with Crippen LogP contribution in [0.4, 0.5) is 5.69 Å². The maximum Gasteiger partial charge on any atom is 0.118 e. The summed E-state index contributed by atoms with van der Waals surface area (Å²) in [7, 11) is 4.46. The van der Waals surface area contributed by atoms with Crippen molar-refractivity contribution < 1.29 is 5.11 Å². The molecule has 35 heavy (non-hydrogen) atoms. The van der Waals surface area contributed by atoms with Crippen molar-refractivity contribution in [3.63, 3.8) is 0 Å². The van der Waals surface area contributed by atoms with Gasteiger partial charge in [-0.1, -0.05) is 37.3 Å². The molecule has 0 atom stereocenters. The van der Waals surface area contributed by atoms with Gasteiger partial charge in [-0.05, 0) is 117 Å². The van der Waals surface area contributed by atoms with E-state index in [-0.39, 0.29) is 0 Å². The fourth-order valence-corrected chi connectivity index (χ4v) is 5.38. The molecule has 1 aliphatic carbocycles. The minimum atomic E-state index is 0.364. The number of anilines is 1. The van der Waals surface area contributed by atoms with E-state index in [1.54, 1.807) is 6.07 Å². The van der Waals surface area contributed by atoms with Crippen molar-refractivity contribution in [3.8, 4) is 5.75 Å². The Morgan fingerprint density at radius 1 is 0.914 bits per heavy atom. The summed E-state index contributed by atoms with van der Waals surface area (Å²) in [4.78, 5) is 7.48. The molecule has 1 N–H and O–H groups in total. The Labute approximate surface area is 212 Å². The molecule has 4 nitrogen and oxygen atoms in total. The molecule has 4 heteroatoms. The van der Waals surface area contributed by atoms with Gasteiger partial charge in [0.05, 0.1) is 0 Å². The van der Waals surface area contributed by atoms with Gasteiger partial charge in [0.2, 0.25) is 0 Å². The molecule has 4 rings (SSSR count). The Hall–Kier alpha value is -2.56. The van der Waals surface area contributed by atoms with E-state index in [9.17, 15) is 5.11 Å². The van der Waals surface area contributed by atoms with Gasteiger partial charge in [-0.3, -0.25) is 0 Å². The van der Waals surface area contributed by atoms with E-state index < -0.39 is 0 Å². The molecule has 1 heterocycles. The predicted molar refractivity (Wildman–Crippen MR) is 150 cm³/mol. The van der Waals surface area contributed by atoms with Crippen molar-refractivity contribution in [1.82, 2.24) is 9.80 Å². The number of phenolic OH excluding ortho intramolecular Hbond substituents is 1. The first-order chi connectivity index (χ1) is 16.9. The number of phenols is 1. The van der Waals surface area contributed by atoms with E-state index in [0.717, 1.165) is 29.7 Å². The van der Waals surface area contributed by atoms with Gasteiger partial charge in [0.25, 0.3) is 0 Å². The maximum absolute atomic E-state index is 10.2. The number of likely N-dealkylation sites (N-methyl/N-ethyl adjacent to an activating group) is 1. The number of hydrogen-bond acceptors (Lipinski definition) is 4. The maximum atomic E-state index is 10.2. The molecule has 2 aliphatic rings. The molecule has 0 spiro atoms. The Morgan fingerprint density at radius 3 is 2.37 bits per heavy atom. The third-order valence-electron chi connectivity index (χ3n) is 7.84. The first kappa shape index (κ1) is 25.5. The Bertz CT molecular complexity index is 1030. The number of likely N-dealkylation sites (tertiary alicyclic amines) is 1. The molecule has 1 saturated heterocycles. The zero-order valence-corrected chi connectivity index (χ0v) is 22.0. The van der Waals surface area contributed by atoms with E-state index in [4.69, 9.17) is 0 Å². The summed E-state index contributed by atoms with van der Waals surface area (Å²) in [6.45, 7) is 13.5. The van der Waals surface area contributed by atoms with Crippen LogP contribution < -0.4 is 4.90 Å². The lowest BCUT2D eigenvalue weighted by atomic mass is 9.83. The van der Waals surface area contributed by atoms with Gasteiger partial charge in [0.15, 0.2) is 0 Å². The van der Waals surface area contributed by atoms with Gasteiger partial charge in [0, 0.05) is 32.4 Å². The van der Waals surface area contributed by atoms with Crippen LogP contribution in [0.1, 0.15) is 54.4 Å². The van der Waals surface area contributed by atoms with Crippen molar-refractivity contribution >= 4 is 16.8 Å². The quantitative estimate of drug-likeness (QED) is 0.430.